The van der Waals surface area contributed by atoms with Gasteiger partial charge in [0.1, 0.15) is 0 Å². The fourth-order valence-electron chi connectivity index (χ4n) is 3.40. The largest absolute Gasteiger partial charge is 0.350 e. The van der Waals surface area contributed by atoms with E-state index in [0.717, 1.165) is 11.1 Å². The summed E-state index contributed by atoms with van der Waals surface area (Å²) in [6.07, 6.45) is 0. The van der Waals surface area contributed by atoms with E-state index in [9.17, 15) is 19.2 Å². The van der Waals surface area contributed by atoms with Gasteiger partial charge in [0.2, 0.25) is 0 Å². The van der Waals surface area contributed by atoms with E-state index in [1.54, 1.807) is 6.07 Å². The normalized spacial score (nSPS) is 12.9. The molecule has 1 aliphatic rings. The molecule has 0 atom stereocenters. The summed E-state index contributed by atoms with van der Waals surface area (Å²) in [6.45, 7) is 8.64. The van der Waals surface area contributed by atoms with Crippen LogP contribution in [-0.4, -0.2) is 48.2 Å². The van der Waals surface area contributed by atoms with Crippen LogP contribution in [0.4, 0.5) is 0 Å². The van der Waals surface area contributed by atoms with Gasteiger partial charge in [-0.15, -0.1) is 0 Å². The maximum Gasteiger partial charge on any atom is 0.261 e. The van der Waals surface area contributed by atoms with Crippen molar-refractivity contribution in [2.75, 3.05) is 19.6 Å². The van der Waals surface area contributed by atoms with Crippen LogP contribution in [0, 0.1) is 19.8 Å². The van der Waals surface area contributed by atoms with Gasteiger partial charge in [-0.3, -0.25) is 24.1 Å². The van der Waals surface area contributed by atoms with Crippen molar-refractivity contribution < 1.29 is 19.2 Å². The minimum atomic E-state index is -0.371. The summed E-state index contributed by atoms with van der Waals surface area (Å²) in [5.74, 6) is -1.11. The third kappa shape index (κ3) is 4.82. The zero-order valence-corrected chi connectivity index (χ0v) is 18.2. The van der Waals surface area contributed by atoms with Crippen molar-refractivity contribution in [2.45, 2.75) is 27.7 Å². The quantitative estimate of drug-likeness (QED) is 0.531. The first-order valence-corrected chi connectivity index (χ1v) is 10.3. The molecule has 0 fully saturated rings. The highest BCUT2D eigenvalue weighted by Crippen LogP contribution is 2.24. The van der Waals surface area contributed by atoms with Gasteiger partial charge in [0, 0.05) is 30.8 Å². The van der Waals surface area contributed by atoms with Gasteiger partial charge < -0.3 is 10.6 Å². The molecule has 1 heterocycles. The summed E-state index contributed by atoms with van der Waals surface area (Å²) in [5.41, 5.74) is 3.60. The first kappa shape index (κ1) is 22.2. The Hall–Kier alpha value is -3.48. The van der Waals surface area contributed by atoms with E-state index in [0.29, 0.717) is 23.2 Å². The summed E-state index contributed by atoms with van der Waals surface area (Å²) in [5, 5.41) is 5.50. The summed E-state index contributed by atoms with van der Waals surface area (Å²) in [4.78, 5) is 50.9. The number of imide groups is 1. The second-order valence-electron chi connectivity index (χ2n) is 8.19. The molecular weight excluding hydrogens is 394 g/mol. The summed E-state index contributed by atoms with van der Waals surface area (Å²) in [6, 6.07) is 10.0. The highest BCUT2D eigenvalue weighted by atomic mass is 16.2. The predicted octanol–water partition coefficient (Wildman–Crippen LogP) is 2.72. The van der Waals surface area contributed by atoms with E-state index in [-0.39, 0.29) is 48.2 Å². The maximum atomic E-state index is 12.6. The van der Waals surface area contributed by atoms with E-state index >= 15 is 0 Å². The molecule has 0 unspecified atom stereocenters. The van der Waals surface area contributed by atoms with Crippen molar-refractivity contribution in [1.82, 2.24) is 15.5 Å². The molecule has 4 amide bonds. The third-order valence-electron chi connectivity index (χ3n) is 5.25. The Morgan fingerprint density at radius 1 is 0.806 bits per heavy atom. The summed E-state index contributed by atoms with van der Waals surface area (Å²) < 4.78 is 0. The molecule has 0 saturated heterocycles. The number of hydrogen-bond donors (Lipinski definition) is 2. The molecular formula is C24H27N3O4. The molecule has 2 N–H and O–H groups in total. The number of fused-ring (bicyclic) bond motifs is 1. The molecule has 0 aromatic heterocycles. The number of aryl methyl sites for hydroxylation is 2. The van der Waals surface area contributed by atoms with E-state index in [4.69, 9.17) is 0 Å². The average Bonchev–Trinajstić information content (AvgIpc) is 2.96. The minimum absolute atomic E-state index is 0.156. The van der Waals surface area contributed by atoms with Crippen LogP contribution in [0.1, 0.15) is 66.4 Å². The van der Waals surface area contributed by atoms with Gasteiger partial charge in [-0.2, -0.15) is 0 Å². The lowest BCUT2D eigenvalue weighted by Crippen LogP contribution is -2.34. The molecule has 0 saturated carbocycles. The van der Waals surface area contributed by atoms with Gasteiger partial charge in [0.15, 0.2) is 0 Å². The van der Waals surface area contributed by atoms with Gasteiger partial charge in [0.25, 0.3) is 23.6 Å². The first-order valence-electron chi connectivity index (χ1n) is 10.3. The molecule has 2 aromatic carbocycles. The molecule has 0 radical (unpaired) electrons. The number of amides is 4. The van der Waals surface area contributed by atoms with Crippen LogP contribution >= 0.6 is 0 Å². The Balaban J connectivity index is 1.56. The smallest absolute Gasteiger partial charge is 0.261 e. The number of nitrogens with zero attached hydrogens (tertiary/aromatic N) is 1. The zero-order chi connectivity index (χ0) is 22.7. The predicted molar refractivity (Wildman–Crippen MR) is 117 cm³/mol. The maximum absolute atomic E-state index is 12.6. The zero-order valence-electron chi connectivity index (χ0n) is 18.2. The molecule has 7 nitrogen and oxygen atoms in total. The number of carbonyl (C=O) groups excluding carboxylic acids is 4. The SMILES string of the molecule is Cc1ccc(C(=O)NCCNC(=O)c2ccc3c(c2)C(=O)N(CC(C)C)C3=O)cc1C. The standard InChI is InChI=1S/C24H27N3O4/c1-14(2)13-27-23(30)19-8-7-18(12-20(19)24(27)31)22(29)26-10-9-25-21(28)17-6-5-15(3)16(4)11-17/h5-8,11-12,14H,9-10,13H2,1-4H3,(H,25,28)(H,26,29). The lowest BCUT2D eigenvalue weighted by Gasteiger charge is -2.15. The number of benzene rings is 2. The number of nitrogens with one attached hydrogen (secondary N) is 2. The molecule has 31 heavy (non-hydrogen) atoms. The molecule has 0 aliphatic carbocycles. The molecule has 162 valence electrons. The van der Waals surface area contributed by atoms with E-state index in [1.807, 2.05) is 39.8 Å². The van der Waals surface area contributed by atoms with Crippen molar-refractivity contribution in [3.8, 4) is 0 Å². The van der Waals surface area contributed by atoms with Crippen LogP contribution < -0.4 is 10.6 Å². The van der Waals surface area contributed by atoms with Gasteiger partial charge in [0.05, 0.1) is 11.1 Å². The van der Waals surface area contributed by atoms with E-state index < -0.39 is 0 Å². The van der Waals surface area contributed by atoms with Crippen LogP contribution in [0.15, 0.2) is 36.4 Å². The molecule has 2 aromatic rings. The summed E-state index contributed by atoms with van der Waals surface area (Å²) >= 11 is 0. The number of hydrogen-bond acceptors (Lipinski definition) is 4. The third-order valence-corrected chi connectivity index (χ3v) is 5.25. The Bertz CT molecular complexity index is 1060. The van der Waals surface area contributed by atoms with Crippen LogP contribution in [-0.2, 0) is 0 Å². The average molecular weight is 421 g/mol. The van der Waals surface area contributed by atoms with Crippen LogP contribution in [0.3, 0.4) is 0 Å². The Morgan fingerprint density at radius 3 is 1.94 bits per heavy atom. The molecule has 0 spiro atoms. The van der Waals surface area contributed by atoms with Crippen molar-refractivity contribution in [3.63, 3.8) is 0 Å². The molecule has 7 heteroatoms. The molecule has 0 bridgehead atoms. The fourth-order valence-corrected chi connectivity index (χ4v) is 3.40. The van der Waals surface area contributed by atoms with E-state index in [1.165, 1.54) is 23.1 Å². The highest BCUT2D eigenvalue weighted by molar-refractivity contribution is 6.22. The van der Waals surface area contributed by atoms with Gasteiger partial charge in [-0.05, 0) is 61.2 Å². The van der Waals surface area contributed by atoms with Crippen molar-refractivity contribution >= 4 is 23.6 Å². The second-order valence-corrected chi connectivity index (χ2v) is 8.19. The molecule has 3 rings (SSSR count). The first-order chi connectivity index (χ1) is 14.7. The minimum Gasteiger partial charge on any atom is -0.350 e. The fraction of sp³-hybridized carbons (Fsp3) is 0.333. The van der Waals surface area contributed by atoms with Gasteiger partial charge in [-0.25, -0.2) is 0 Å². The monoisotopic (exact) mass is 421 g/mol. The molecule has 1 aliphatic heterocycles. The van der Waals surface area contributed by atoms with Crippen LogP contribution in [0.5, 0.6) is 0 Å². The van der Waals surface area contributed by atoms with Crippen molar-refractivity contribution in [2.24, 2.45) is 5.92 Å². The lowest BCUT2D eigenvalue weighted by molar-refractivity contribution is 0.0635. The Morgan fingerprint density at radius 2 is 1.35 bits per heavy atom. The van der Waals surface area contributed by atoms with Crippen molar-refractivity contribution in [1.29, 1.82) is 0 Å². The topological polar surface area (TPSA) is 95.6 Å². The van der Waals surface area contributed by atoms with Crippen LogP contribution in [0.25, 0.3) is 0 Å². The highest BCUT2D eigenvalue weighted by Gasteiger charge is 2.36. The second kappa shape index (κ2) is 9.12. The van der Waals surface area contributed by atoms with Gasteiger partial charge >= 0.3 is 0 Å². The summed E-state index contributed by atoms with van der Waals surface area (Å²) in [7, 11) is 0. The van der Waals surface area contributed by atoms with Crippen molar-refractivity contribution in [3.05, 3.63) is 69.8 Å². The Labute approximate surface area is 181 Å². The lowest BCUT2D eigenvalue weighted by atomic mass is 10.1. The van der Waals surface area contributed by atoms with Gasteiger partial charge in [-0.1, -0.05) is 19.9 Å². The number of carbonyl (C=O) groups is 4. The Kier molecular flexibility index (Phi) is 6.53. The van der Waals surface area contributed by atoms with Crippen LogP contribution in [0.2, 0.25) is 0 Å². The number of rotatable bonds is 7. The van der Waals surface area contributed by atoms with E-state index in [2.05, 4.69) is 10.6 Å².